The van der Waals surface area contributed by atoms with E-state index in [1.807, 2.05) is 31.2 Å². The van der Waals surface area contributed by atoms with Gasteiger partial charge in [0.15, 0.2) is 0 Å². The third-order valence-electron chi connectivity index (χ3n) is 1.78. The molecule has 0 aliphatic rings. The van der Waals surface area contributed by atoms with E-state index in [0.29, 0.717) is 12.2 Å². The van der Waals surface area contributed by atoms with Gasteiger partial charge in [-0.3, -0.25) is 0 Å². The molecule has 0 radical (unpaired) electrons. The molecule has 1 unspecified atom stereocenters. The summed E-state index contributed by atoms with van der Waals surface area (Å²) in [6, 6.07) is 8.16. The Morgan fingerprint density at radius 1 is 1.31 bits per heavy atom. The molecule has 0 saturated carbocycles. The van der Waals surface area contributed by atoms with E-state index in [1.54, 1.807) is 0 Å². The summed E-state index contributed by atoms with van der Waals surface area (Å²) in [7, 11) is 0. The summed E-state index contributed by atoms with van der Waals surface area (Å²) < 4.78 is 0. The first-order valence-electron chi connectivity index (χ1n) is 4.04. The normalized spacial score (nSPS) is 11.9. The summed E-state index contributed by atoms with van der Waals surface area (Å²) in [6.07, 6.45) is 0.298. The molecule has 0 aromatic heterocycles. The van der Waals surface area contributed by atoms with Crippen LogP contribution in [0.25, 0.3) is 0 Å². The molecule has 1 nitrogen and oxygen atoms in total. The first-order chi connectivity index (χ1) is 5.72. The van der Waals surface area contributed by atoms with E-state index < -0.39 is 0 Å². The van der Waals surface area contributed by atoms with Crippen LogP contribution in [0, 0.1) is 6.92 Å². The van der Waals surface area contributed by atoms with Crippen LogP contribution in [-0.2, 0) is 19.0 Å². The molecule has 0 aliphatic heterocycles. The maximum absolute atomic E-state index is 9.28. The first kappa shape index (κ1) is 13.5. The average molecular weight is 204 g/mol. The summed E-state index contributed by atoms with van der Waals surface area (Å²) in [4.78, 5) is 0. The Hall–Kier alpha value is 0.530. The van der Waals surface area contributed by atoms with Gasteiger partial charge in [-0.2, -0.15) is 0 Å². The third kappa shape index (κ3) is 5.08. The van der Waals surface area contributed by atoms with Gasteiger partial charge in [-0.1, -0.05) is 29.8 Å². The Balaban J connectivity index is 0.00000144. The number of rotatable bonds is 3. The molecule has 0 heterocycles. The van der Waals surface area contributed by atoms with Crippen LogP contribution in [-0.4, -0.2) is 17.0 Å². The Morgan fingerprint density at radius 2 is 1.85 bits per heavy atom. The fraction of sp³-hybridized carbons (Fsp3) is 0.400. The second-order valence-corrected chi connectivity index (χ2v) is 3.34. The molecule has 0 fully saturated rings. The molecule has 66 valence electrons. The van der Waals surface area contributed by atoms with E-state index in [2.05, 4.69) is 0 Å². The number of aliphatic hydroxyl groups is 1. The van der Waals surface area contributed by atoms with E-state index in [4.69, 9.17) is 12.6 Å². The molecule has 0 aliphatic carbocycles. The molecule has 0 amide bonds. The van der Waals surface area contributed by atoms with Crippen LogP contribution in [0.5, 0.6) is 0 Å². The summed E-state index contributed by atoms with van der Waals surface area (Å²) in [5.74, 6) is 0.411. The van der Waals surface area contributed by atoms with E-state index in [1.165, 1.54) is 5.56 Å². The third-order valence-corrected chi connectivity index (χ3v) is 2.17. The largest absolute Gasteiger partial charge is 1.00 e. The Labute approximate surface area is 107 Å². The number of aliphatic hydroxyl groups excluding tert-OH is 1. The van der Waals surface area contributed by atoms with Gasteiger partial charge >= 0.3 is 29.6 Å². The molecular weight excluding hydrogens is 191 g/mol. The monoisotopic (exact) mass is 204 g/mol. The van der Waals surface area contributed by atoms with Crippen molar-refractivity contribution in [3.05, 3.63) is 35.4 Å². The van der Waals surface area contributed by atoms with Crippen molar-refractivity contribution >= 4 is 12.6 Å². The average Bonchev–Trinajstić information content (AvgIpc) is 2.09. The second kappa shape index (κ2) is 6.91. The molecule has 0 saturated heterocycles. The predicted molar refractivity (Wildman–Crippen MR) is 53.1 cm³/mol. The Morgan fingerprint density at radius 3 is 2.31 bits per heavy atom. The summed E-state index contributed by atoms with van der Waals surface area (Å²) in [5.41, 5.74) is 2.39. The maximum Gasteiger partial charge on any atom is 1.00 e. The van der Waals surface area contributed by atoms with Crippen molar-refractivity contribution < 1.29 is 34.7 Å². The fourth-order valence-corrected chi connectivity index (χ4v) is 1.17. The van der Waals surface area contributed by atoms with Gasteiger partial charge in [-0.05, 0) is 18.9 Å². The molecule has 13 heavy (non-hydrogen) atoms. The zero-order chi connectivity index (χ0) is 8.97. The van der Waals surface area contributed by atoms with Crippen LogP contribution in [0.4, 0.5) is 0 Å². The van der Waals surface area contributed by atoms with E-state index in [0.717, 1.165) is 5.56 Å². The van der Waals surface area contributed by atoms with Crippen LogP contribution < -0.4 is 29.6 Å². The van der Waals surface area contributed by atoms with Crippen LogP contribution in [0.15, 0.2) is 24.3 Å². The molecule has 1 atom stereocenters. The summed E-state index contributed by atoms with van der Waals surface area (Å²) >= 11 is 4.75. The molecule has 3 heteroatoms. The van der Waals surface area contributed by atoms with E-state index >= 15 is 0 Å². The minimum absolute atomic E-state index is 0. The van der Waals surface area contributed by atoms with Crippen molar-refractivity contribution in [3.63, 3.8) is 0 Å². The first-order valence-corrected chi connectivity index (χ1v) is 4.62. The Bertz CT molecular complexity index is 235. The van der Waals surface area contributed by atoms with Gasteiger partial charge in [0.2, 0.25) is 0 Å². The van der Waals surface area contributed by atoms with E-state index in [9.17, 15) is 5.11 Å². The zero-order valence-electron chi connectivity index (χ0n) is 8.16. The maximum atomic E-state index is 9.28. The number of aryl methyl sites for hydroxylation is 1. The SMILES string of the molecule is Cc1ccc(CC(O)C[S-])cc1.[Na+]. The van der Waals surface area contributed by atoms with Gasteiger partial charge < -0.3 is 17.7 Å². The van der Waals surface area contributed by atoms with Crippen molar-refractivity contribution in [3.8, 4) is 0 Å². The van der Waals surface area contributed by atoms with Gasteiger partial charge in [0.25, 0.3) is 0 Å². The van der Waals surface area contributed by atoms with Crippen molar-refractivity contribution in [2.75, 3.05) is 5.75 Å². The molecule has 1 aromatic rings. The number of benzene rings is 1. The second-order valence-electron chi connectivity index (χ2n) is 3.01. The topological polar surface area (TPSA) is 20.2 Å². The van der Waals surface area contributed by atoms with Gasteiger partial charge in [0, 0.05) is 6.10 Å². The van der Waals surface area contributed by atoms with Gasteiger partial charge in [0.05, 0.1) is 0 Å². The smallest absolute Gasteiger partial charge is 0.790 e. The zero-order valence-corrected chi connectivity index (χ0v) is 11.0. The van der Waals surface area contributed by atoms with Crippen LogP contribution >= 0.6 is 0 Å². The van der Waals surface area contributed by atoms with E-state index in [-0.39, 0.29) is 35.7 Å². The van der Waals surface area contributed by atoms with Gasteiger partial charge in [0.1, 0.15) is 0 Å². The molecule has 1 rings (SSSR count). The molecule has 1 N–H and O–H groups in total. The molecule has 1 aromatic carbocycles. The molecule has 0 bridgehead atoms. The van der Waals surface area contributed by atoms with Gasteiger partial charge in [-0.25, -0.2) is 0 Å². The standard InChI is InChI=1S/C10H14OS.Na/c1-8-2-4-9(5-3-8)6-10(11)7-12;/h2-5,10-12H,6-7H2,1H3;/q;+1/p-1. The Kier molecular flexibility index (Phi) is 7.19. The molecular formula is C10H13NaOS. The minimum Gasteiger partial charge on any atom is -0.790 e. The minimum atomic E-state index is -0.372. The van der Waals surface area contributed by atoms with Crippen molar-refractivity contribution in [2.45, 2.75) is 19.4 Å². The summed E-state index contributed by atoms with van der Waals surface area (Å²) in [6.45, 7) is 2.05. The van der Waals surface area contributed by atoms with Crippen molar-refractivity contribution in [1.82, 2.24) is 0 Å². The van der Waals surface area contributed by atoms with Crippen molar-refractivity contribution in [1.29, 1.82) is 0 Å². The van der Waals surface area contributed by atoms with Gasteiger partial charge in [-0.15, -0.1) is 5.75 Å². The van der Waals surface area contributed by atoms with Crippen LogP contribution in [0.3, 0.4) is 0 Å². The number of hydrogen-bond donors (Lipinski definition) is 1. The van der Waals surface area contributed by atoms with Crippen molar-refractivity contribution in [2.24, 2.45) is 0 Å². The molecule has 0 spiro atoms. The number of hydrogen-bond acceptors (Lipinski definition) is 2. The van der Waals surface area contributed by atoms with Crippen LogP contribution in [0.1, 0.15) is 11.1 Å². The fourth-order valence-electron chi connectivity index (χ4n) is 1.06. The predicted octanol–water partition coefficient (Wildman–Crippen LogP) is -1.55. The quantitative estimate of drug-likeness (QED) is 0.475. The van der Waals surface area contributed by atoms with Crippen LogP contribution in [0.2, 0.25) is 0 Å². The summed E-state index contributed by atoms with van der Waals surface area (Å²) in [5, 5.41) is 9.28.